The summed E-state index contributed by atoms with van der Waals surface area (Å²) >= 11 is 0. The second-order valence-corrected chi connectivity index (χ2v) is 5.22. The minimum absolute atomic E-state index is 0.0106. The molecule has 17 heavy (non-hydrogen) atoms. The lowest BCUT2D eigenvalue weighted by Gasteiger charge is -2.27. The molecular formula is C11H17F2NO3. The zero-order chi connectivity index (χ0) is 13.3. The molecule has 0 N–H and O–H groups in total. The zero-order valence-corrected chi connectivity index (χ0v) is 10.3. The van der Waals surface area contributed by atoms with Crippen molar-refractivity contribution in [2.45, 2.75) is 45.1 Å². The number of hydrogen-bond acceptors (Lipinski definition) is 3. The van der Waals surface area contributed by atoms with Crippen LogP contribution in [-0.2, 0) is 9.53 Å². The molecule has 98 valence electrons. The topological polar surface area (TPSA) is 46.6 Å². The molecule has 0 spiro atoms. The molecule has 0 aromatic carbocycles. The summed E-state index contributed by atoms with van der Waals surface area (Å²) in [6.45, 7) is 4.21. The summed E-state index contributed by atoms with van der Waals surface area (Å²) in [5.41, 5.74) is -0.733. The first kappa shape index (κ1) is 13.9. The molecule has 0 radical (unpaired) electrons. The van der Waals surface area contributed by atoms with E-state index in [-0.39, 0.29) is 13.0 Å². The van der Waals surface area contributed by atoms with Gasteiger partial charge in [0.1, 0.15) is 11.4 Å². The number of ketones is 1. The average molecular weight is 249 g/mol. The smallest absolute Gasteiger partial charge is 0.410 e. The average Bonchev–Trinajstić information content (AvgIpc) is 2.20. The van der Waals surface area contributed by atoms with E-state index >= 15 is 0 Å². The number of likely N-dealkylation sites (tertiary alicyclic amines) is 1. The monoisotopic (exact) mass is 249 g/mol. The molecule has 0 aromatic heterocycles. The molecule has 1 aliphatic heterocycles. The summed E-state index contributed by atoms with van der Waals surface area (Å²) in [6, 6.07) is 0. The van der Waals surface area contributed by atoms with Gasteiger partial charge in [-0.05, 0) is 20.8 Å². The molecule has 1 saturated heterocycles. The number of ether oxygens (including phenoxy) is 1. The molecule has 0 unspecified atom stereocenters. The summed E-state index contributed by atoms with van der Waals surface area (Å²) in [5, 5.41) is 0. The molecule has 1 heterocycles. The normalized spacial score (nSPS) is 21.0. The van der Waals surface area contributed by atoms with Gasteiger partial charge in [0, 0.05) is 13.0 Å². The van der Waals surface area contributed by atoms with Crippen molar-refractivity contribution in [2.75, 3.05) is 13.1 Å². The number of amides is 1. The van der Waals surface area contributed by atoms with Gasteiger partial charge in [0.2, 0.25) is 0 Å². The predicted octanol–water partition coefficient (Wildman–Crippen LogP) is 2.22. The van der Waals surface area contributed by atoms with Gasteiger partial charge in [0.15, 0.2) is 0 Å². The molecule has 6 heteroatoms. The summed E-state index contributed by atoms with van der Waals surface area (Å²) < 4.78 is 31.6. The fourth-order valence-electron chi connectivity index (χ4n) is 1.53. The van der Waals surface area contributed by atoms with Crippen LogP contribution >= 0.6 is 0 Å². The minimum atomic E-state index is -3.16. The van der Waals surface area contributed by atoms with Crippen molar-refractivity contribution in [3.8, 4) is 0 Å². The van der Waals surface area contributed by atoms with Crippen molar-refractivity contribution < 1.29 is 23.1 Å². The maximum Gasteiger partial charge on any atom is 0.410 e. The highest BCUT2D eigenvalue weighted by molar-refractivity contribution is 5.81. The van der Waals surface area contributed by atoms with E-state index in [9.17, 15) is 18.4 Å². The number of carbonyl (C=O) groups excluding carboxylic acids is 2. The van der Waals surface area contributed by atoms with Crippen molar-refractivity contribution in [2.24, 2.45) is 0 Å². The molecule has 1 aliphatic rings. The minimum Gasteiger partial charge on any atom is -0.444 e. The van der Waals surface area contributed by atoms with Crippen molar-refractivity contribution in [3.05, 3.63) is 0 Å². The van der Waals surface area contributed by atoms with Gasteiger partial charge < -0.3 is 9.64 Å². The third kappa shape index (κ3) is 4.66. The number of nitrogens with zero attached hydrogens (tertiary/aromatic N) is 1. The van der Waals surface area contributed by atoms with E-state index in [1.54, 1.807) is 20.8 Å². The molecule has 0 saturated carbocycles. The van der Waals surface area contributed by atoms with E-state index < -0.39 is 36.4 Å². The lowest BCUT2D eigenvalue weighted by atomic mass is 10.1. The van der Waals surface area contributed by atoms with Gasteiger partial charge in [-0.2, -0.15) is 0 Å². The van der Waals surface area contributed by atoms with Crippen LogP contribution in [0, 0.1) is 0 Å². The Morgan fingerprint density at radius 3 is 2.53 bits per heavy atom. The zero-order valence-electron chi connectivity index (χ0n) is 10.3. The molecular weight excluding hydrogens is 232 g/mol. The Hall–Kier alpha value is -1.20. The van der Waals surface area contributed by atoms with Crippen LogP contribution in [0.25, 0.3) is 0 Å². The van der Waals surface area contributed by atoms with E-state index in [1.807, 2.05) is 0 Å². The number of alkyl halides is 2. The summed E-state index contributed by atoms with van der Waals surface area (Å²) in [6.07, 6.45) is -1.65. The number of halogens is 2. The fourth-order valence-corrected chi connectivity index (χ4v) is 1.53. The Morgan fingerprint density at radius 2 is 2.00 bits per heavy atom. The highest BCUT2D eigenvalue weighted by Crippen LogP contribution is 2.25. The van der Waals surface area contributed by atoms with Crippen molar-refractivity contribution in [1.29, 1.82) is 0 Å². The predicted molar refractivity (Wildman–Crippen MR) is 57.0 cm³/mol. The molecule has 0 atom stereocenters. The Labute approximate surface area is 98.9 Å². The van der Waals surface area contributed by atoms with Crippen molar-refractivity contribution in [1.82, 2.24) is 4.90 Å². The van der Waals surface area contributed by atoms with Gasteiger partial charge in [-0.3, -0.25) is 4.79 Å². The quantitative estimate of drug-likeness (QED) is 0.661. The SMILES string of the molecule is CC(C)(C)OC(=O)N1CCC(=O)CC(F)(F)C1. The van der Waals surface area contributed by atoms with Crippen LogP contribution in [0.5, 0.6) is 0 Å². The number of carbonyl (C=O) groups is 2. The number of hydrogen-bond donors (Lipinski definition) is 0. The highest BCUT2D eigenvalue weighted by Gasteiger charge is 2.39. The van der Waals surface area contributed by atoms with Crippen LogP contribution in [0.15, 0.2) is 0 Å². The number of Topliss-reactive ketones (excluding diaryl/α,β-unsaturated/α-hetero) is 1. The van der Waals surface area contributed by atoms with Gasteiger partial charge in [-0.15, -0.1) is 0 Å². The summed E-state index contributed by atoms with van der Waals surface area (Å²) in [4.78, 5) is 23.6. The van der Waals surface area contributed by atoms with E-state index in [1.165, 1.54) is 0 Å². The van der Waals surface area contributed by atoms with Crippen LogP contribution in [0.1, 0.15) is 33.6 Å². The first-order chi connectivity index (χ1) is 7.59. The van der Waals surface area contributed by atoms with Gasteiger partial charge >= 0.3 is 6.09 Å². The molecule has 1 fully saturated rings. The van der Waals surface area contributed by atoms with E-state index in [2.05, 4.69) is 0 Å². The third-order valence-corrected chi connectivity index (χ3v) is 2.19. The molecule has 0 aliphatic carbocycles. The summed E-state index contributed by atoms with van der Waals surface area (Å²) in [7, 11) is 0. The molecule has 1 amide bonds. The van der Waals surface area contributed by atoms with Crippen LogP contribution < -0.4 is 0 Å². The number of rotatable bonds is 0. The lowest BCUT2D eigenvalue weighted by molar-refractivity contribution is -0.124. The Morgan fingerprint density at radius 1 is 1.41 bits per heavy atom. The van der Waals surface area contributed by atoms with Gasteiger partial charge in [-0.1, -0.05) is 0 Å². The van der Waals surface area contributed by atoms with E-state index in [4.69, 9.17) is 4.74 Å². The third-order valence-electron chi connectivity index (χ3n) is 2.19. The van der Waals surface area contributed by atoms with Crippen LogP contribution in [-0.4, -0.2) is 41.4 Å². The largest absolute Gasteiger partial charge is 0.444 e. The Balaban J connectivity index is 2.70. The Bertz CT molecular complexity index is 323. The molecule has 0 aromatic rings. The van der Waals surface area contributed by atoms with Gasteiger partial charge in [-0.25, -0.2) is 13.6 Å². The van der Waals surface area contributed by atoms with Crippen molar-refractivity contribution >= 4 is 11.9 Å². The fraction of sp³-hybridized carbons (Fsp3) is 0.818. The maximum absolute atomic E-state index is 13.3. The summed E-state index contributed by atoms with van der Waals surface area (Å²) in [5.74, 6) is -3.69. The van der Waals surface area contributed by atoms with Crippen LogP contribution in [0.3, 0.4) is 0 Å². The van der Waals surface area contributed by atoms with Gasteiger partial charge in [0.25, 0.3) is 5.92 Å². The van der Waals surface area contributed by atoms with E-state index in [0.29, 0.717) is 0 Å². The second-order valence-electron chi connectivity index (χ2n) is 5.22. The Kier molecular flexibility index (Phi) is 3.74. The highest BCUT2D eigenvalue weighted by atomic mass is 19.3. The second kappa shape index (κ2) is 4.58. The molecule has 4 nitrogen and oxygen atoms in total. The standard InChI is InChI=1S/C11H17F2NO3/c1-10(2,3)17-9(16)14-5-4-8(15)6-11(12,13)7-14/h4-7H2,1-3H3. The van der Waals surface area contributed by atoms with Crippen LogP contribution in [0.2, 0.25) is 0 Å². The molecule has 1 rings (SSSR count). The first-order valence-corrected chi connectivity index (χ1v) is 5.46. The van der Waals surface area contributed by atoms with Crippen LogP contribution in [0.4, 0.5) is 13.6 Å². The molecule has 0 bridgehead atoms. The maximum atomic E-state index is 13.3. The lowest BCUT2D eigenvalue weighted by Crippen LogP contribution is -2.42. The van der Waals surface area contributed by atoms with Crippen molar-refractivity contribution in [3.63, 3.8) is 0 Å². The van der Waals surface area contributed by atoms with E-state index in [0.717, 1.165) is 4.90 Å². The van der Waals surface area contributed by atoms with Gasteiger partial charge in [0.05, 0.1) is 13.0 Å². The first-order valence-electron chi connectivity index (χ1n) is 5.46.